The zero-order valence-corrected chi connectivity index (χ0v) is 37.0. The van der Waals surface area contributed by atoms with Crippen LogP contribution in [-0.2, 0) is 15.3 Å². The van der Waals surface area contributed by atoms with Crippen LogP contribution in [0.2, 0.25) is 0 Å². The molecule has 0 aromatic heterocycles. The zero-order valence-electron chi connectivity index (χ0n) is 35.2. The van der Waals surface area contributed by atoms with Crippen molar-refractivity contribution in [2.75, 3.05) is 4.90 Å². The van der Waals surface area contributed by atoms with Crippen molar-refractivity contribution in [3.8, 4) is 11.1 Å². The van der Waals surface area contributed by atoms with Gasteiger partial charge in [0, 0.05) is 22.5 Å². The van der Waals surface area contributed by atoms with Crippen molar-refractivity contribution in [1.82, 2.24) is 0 Å². The number of nitrogens with zero attached hydrogens (tertiary/aromatic N) is 1. The number of benzene rings is 8. The van der Waals surface area contributed by atoms with Gasteiger partial charge in [-0.15, -0.1) is 0 Å². The highest BCUT2D eigenvalue weighted by Crippen LogP contribution is 2.68. The number of rotatable bonds is 8. The van der Waals surface area contributed by atoms with Gasteiger partial charge in [-0.1, -0.05) is 170 Å². The molecule has 1 heterocycles. The normalized spacial score (nSPS) is 22.6. The summed E-state index contributed by atoms with van der Waals surface area (Å²) in [6.07, 6.45) is 6.14. The Balaban J connectivity index is 0.942. The van der Waals surface area contributed by atoms with E-state index in [1.165, 1.54) is 52.9 Å². The molecule has 13 rings (SSSR count). The SMILES string of the molecule is O=S1(=O)c2ccccc2C2(c3ccc(N(c4ccccc4)c4ccc(-c5ccc([Si](c6ccccc6)(c6ccccc6)c6ccccc6)cc5)cc4)cc31)C1CC3CC(C1)CC2C3. The maximum atomic E-state index is 14.9. The maximum Gasteiger partial charge on any atom is 0.207 e. The molecule has 4 fully saturated rings. The van der Waals surface area contributed by atoms with E-state index in [0.29, 0.717) is 21.6 Å². The molecule has 0 radical (unpaired) electrons. The van der Waals surface area contributed by atoms with Gasteiger partial charge in [0.25, 0.3) is 0 Å². The molecule has 0 amide bonds. The van der Waals surface area contributed by atoms with Crippen LogP contribution >= 0.6 is 0 Å². The van der Waals surface area contributed by atoms with Crippen LogP contribution in [0.25, 0.3) is 11.1 Å². The fourth-order valence-corrected chi connectivity index (χ4v) is 19.7. The number of anilines is 3. The molecule has 308 valence electrons. The predicted octanol–water partition coefficient (Wildman–Crippen LogP) is 11.1. The number of hydrogen-bond acceptors (Lipinski definition) is 3. The van der Waals surface area contributed by atoms with Gasteiger partial charge in [0.1, 0.15) is 0 Å². The first kappa shape index (κ1) is 38.4. The van der Waals surface area contributed by atoms with Crippen LogP contribution in [0.3, 0.4) is 0 Å². The van der Waals surface area contributed by atoms with Crippen molar-refractivity contribution in [2.45, 2.75) is 47.3 Å². The summed E-state index contributed by atoms with van der Waals surface area (Å²) in [4.78, 5) is 3.22. The summed E-state index contributed by atoms with van der Waals surface area (Å²) in [7, 11) is -6.40. The molecule has 8 aromatic rings. The third-order valence-electron chi connectivity index (χ3n) is 15.4. The van der Waals surface area contributed by atoms with Crippen molar-refractivity contribution in [1.29, 1.82) is 0 Å². The van der Waals surface area contributed by atoms with Gasteiger partial charge in [-0.05, 0) is 141 Å². The van der Waals surface area contributed by atoms with Crippen molar-refractivity contribution in [2.24, 2.45) is 23.7 Å². The summed E-state index contributed by atoms with van der Waals surface area (Å²) in [5, 5.41) is 5.40. The van der Waals surface area contributed by atoms with Gasteiger partial charge in [0.05, 0.1) is 9.79 Å². The average molecular weight is 852 g/mol. The molecule has 1 aliphatic heterocycles. The van der Waals surface area contributed by atoms with Crippen molar-refractivity contribution < 1.29 is 8.42 Å². The Kier molecular flexibility index (Phi) is 9.10. The Bertz CT molecular complexity index is 2940. The first-order chi connectivity index (χ1) is 31.0. The van der Waals surface area contributed by atoms with Gasteiger partial charge in [0.2, 0.25) is 9.84 Å². The van der Waals surface area contributed by atoms with Crippen LogP contribution in [0.4, 0.5) is 17.1 Å². The highest BCUT2D eigenvalue weighted by atomic mass is 32.2. The number of hydrogen-bond donors (Lipinski definition) is 0. The smallest absolute Gasteiger partial charge is 0.207 e. The first-order valence-corrected chi connectivity index (χ1v) is 26.2. The average Bonchev–Trinajstić information content (AvgIpc) is 3.34. The first-order valence-electron chi connectivity index (χ1n) is 22.7. The zero-order chi connectivity index (χ0) is 42.2. The number of fused-ring (bicyclic) bond motifs is 2. The number of sulfone groups is 1. The lowest BCUT2D eigenvalue weighted by Gasteiger charge is -2.63. The minimum absolute atomic E-state index is 0.261. The van der Waals surface area contributed by atoms with Gasteiger partial charge >= 0.3 is 0 Å². The molecule has 63 heavy (non-hydrogen) atoms. The summed E-state index contributed by atoms with van der Waals surface area (Å²) < 4.78 is 29.8. The largest absolute Gasteiger partial charge is 0.310 e. The fourth-order valence-electron chi connectivity index (χ4n) is 13.1. The van der Waals surface area contributed by atoms with Gasteiger partial charge < -0.3 is 4.90 Å². The van der Waals surface area contributed by atoms with Gasteiger partial charge in [-0.2, -0.15) is 0 Å². The predicted molar refractivity (Wildman–Crippen MR) is 260 cm³/mol. The molecule has 4 aliphatic carbocycles. The standard InChI is InChI=1S/C58H49NO2SSi/c60-62(61)56-24-14-13-23-54(56)58(45-36-41-35-42(38-45)39-46(58)37-41)55-34-31-49(40-57(55)62)59(47-15-5-1-6-16-47)48-29-25-43(26-30-48)44-27-32-53(33-28-44)63(50-17-7-2-8-18-50,51-19-9-3-10-20-51)52-21-11-4-12-22-52/h1-34,40-42,45-46H,35-39H2. The van der Waals surface area contributed by atoms with Crippen LogP contribution < -0.4 is 25.6 Å². The number of para-hydroxylation sites is 1. The lowest BCUT2D eigenvalue weighted by atomic mass is 9.42. The third-order valence-corrected chi connectivity index (χ3v) is 22.1. The van der Waals surface area contributed by atoms with Gasteiger partial charge in [0.15, 0.2) is 8.07 Å². The molecular weight excluding hydrogens is 803 g/mol. The second-order valence-corrected chi connectivity index (χ2v) is 24.2. The van der Waals surface area contributed by atoms with Crippen LogP contribution in [0, 0.1) is 23.7 Å². The fraction of sp³-hybridized carbons (Fsp3) is 0.172. The van der Waals surface area contributed by atoms with Crippen LogP contribution in [0.15, 0.2) is 222 Å². The van der Waals surface area contributed by atoms with E-state index in [0.717, 1.165) is 51.2 Å². The third kappa shape index (κ3) is 5.86. The van der Waals surface area contributed by atoms with E-state index in [2.05, 4.69) is 193 Å². The minimum Gasteiger partial charge on any atom is -0.310 e. The molecule has 0 N–H and O–H groups in total. The van der Waals surface area contributed by atoms with Crippen LogP contribution in [0.1, 0.15) is 43.2 Å². The monoisotopic (exact) mass is 851 g/mol. The molecule has 1 spiro atoms. The van der Waals surface area contributed by atoms with Crippen LogP contribution in [0.5, 0.6) is 0 Å². The molecule has 4 bridgehead atoms. The Labute approximate surface area is 372 Å². The summed E-state index contributed by atoms with van der Waals surface area (Å²) in [6.45, 7) is 0. The molecule has 8 aromatic carbocycles. The molecular formula is C58H49NO2SSi. The molecule has 0 atom stereocenters. The van der Waals surface area contributed by atoms with E-state index < -0.39 is 17.9 Å². The van der Waals surface area contributed by atoms with Crippen molar-refractivity contribution in [3.63, 3.8) is 0 Å². The summed E-state index contributed by atoms with van der Waals surface area (Å²) in [5.74, 6) is 2.48. The van der Waals surface area contributed by atoms with E-state index in [9.17, 15) is 8.42 Å². The van der Waals surface area contributed by atoms with E-state index in [1.807, 2.05) is 24.3 Å². The Morgan fingerprint density at radius 2 is 0.810 bits per heavy atom. The van der Waals surface area contributed by atoms with Gasteiger partial charge in [-0.25, -0.2) is 8.42 Å². The summed E-state index contributed by atoms with van der Waals surface area (Å²) >= 11 is 0. The molecule has 0 saturated heterocycles. The molecule has 0 unspecified atom stereocenters. The molecule has 4 saturated carbocycles. The van der Waals surface area contributed by atoms with Crippen molar-refractivity contribution in [3.05, 3.63) is 223 Å². The minimum atomic E-state index is -3.76. The Hall–Kier alpha value is -6.27. The lowest BCUT2D eigenvalue weighted by Crippen LogP contribution is -2.74. The summed E-state index contributed by atoms with van der Waals surface area (Å²) in [5.41, 5.74) is 6.90. The summed E-state index contributed by atoms with van der Waals surface area (Å²) in [6, 6.07) is 75.9. The highest BCUT2D eigenvalue weighted by Gasteiger charge is 2.62. The topological polar surface area (TPSA) is 37.4 Å². The Morgan fingerprint density at radius 3 is 1.35 bits per heavy atom. The lowest BCUT2D eigenvalue weighted by molar-refractivity contribution is -0.0446. The molecule has 3 nitrogen and oxygen atoms in total. The van der Waals surface area contributed by atoms with Gasteiger partial charge in [-0.3, -0.25) is 0 Å². The molecule has 5 heteroatoms. The van der Waals surface area contributed by atoms with E-state index in [-0.39, 0.29) is 5.41 Å². The van der Waals surface area contributed by atoms with Crippen molar-refractivity contribution >= 4 is 55.7 Å². The highest BCUT2D eigenvalue weighted by molar-refractivity contribution is 7.91. The van der Waals surface area contributed by atoms with Crippen LogP contribution in [-0.4, -0.2) is 16.5 Å². The second-order valence-electron chi connectivity index (χ2n) is 18.5. The second kappa shape index (κ2) is 14.9. The molecule has 5 aliphatic rings. The quantitative estimate of drug-likeness (QED) is 0.113. The maximum absolute atomic E-state index is 14.9. The van der Waals surface area contributed by atoms with E-state index in [4.69, 9.17) is 0 Å². The Morgan fingerprint density at radius 1 is 0.397 bits per heavy atom. The van der Waals surface area contributed by atoms with E-state index >= 15 is 0 Å². The van der Waals surface area contributed by atoms with E-state index in [1.54, 1.807) is 0 Å².